The van der Waals surface area contributed by atoms with Gasteiger partial charge < -0.3 is 20.1 Å². The Labute approximate surface area is 165 Å². The first-order chi connectivity index (χ1) is 13.8. The number of benzene rings is 2. The molecule has 0 spiro atoms. The lowest BCUT2D eigenvalue weighted by Gasteiger charge is -2.24. The van der Waals surface area contributed by atoms with Gasteiger partial charge in [0.05, 0.1) is 0 Å². The number of hydrogen-bond donors (Lipinski definition) is 2. The number of imide groups is 1. The molecule has 0 radical (unpaired) electrons. The van der Waals surface area contributed by atoms with Gasteiger partial charge in [0.15, 0.2) is 11.5 Å². The molecule has 2 atom stereocenters. The van der Waals surface area contributed by atoms with E-state index in [0.29, 0.717) is 22.7 Å². The number of anilines is 1. The van der Waals surface area contributed by atoms with Crippen LogP contribution in [0.1, 0.15) is 19.4 Å². The van der Waals surface area contributed by atoms with Gasteiger partial charge in [-0.15, -0.1) is 0 Å². The predicted molar refractivity (Wildman–Crippen MR) is 99.8 cm³/mol. The fourth-order valence-corrected chi connectivity index (χ4v) is 3.31. The van der Waals surface area contributed by atoms with Gasteiger partial charge in [0.2, 0.25) is 12.7 Å². The smallest absolute Gasteiger partial charge is 0.326 e. The Hall–Kier alpha value is -3.62. The van der Waals surface area contributed by atoms with E-state index in [1.54, 1.807) is 25.1 Å². The maximum Gasteiger partial charge on any atom is 0.326 e. The van der Waals surface area contributed by atoms with E-state index in [1.165, 1.54) is 31.2 Å². The molecule has 0 aromatic heterocycles. The SMILES string of the molecule is C[C@H](C(=O)Nc1ccc(F)cc1)N1C(=O)N[C@](C)(c2ccc3c(c2)OCO3)C1=O. The number of rotatable bonds is 4. The van der Waals surface area contributed by atoms with Crippen LogP contribution in [0.5, 0.6) is 11.5 Å². The lowest BCUT2D eigenvalue weighted by atomic mass is 9.91. The van der Waals surface area contributed by atoms with Gasteiger partial charge >= 0.3 is 6.03 Å². The van der Waals surface area contributed by atoms with E-state index in [9.17, 15) is 18.8 Å². The number of fused-ring (bicyclic) bond motifs is 1. The van der Waals surface area contributed by atoms with Crippen molar-refractivity contribution in [2.45, 2.75) is 25.4 Å². The topological polar surface area (TPSA) is 97.0 Å². The third-order valence-corrected chi connectivity index (χ3v) is 5.05. The number of urea groups is 1. The van der Waals surface area contributed by atoms with Crippen LogP contribution < -0.4 is 20.1 Å². The van der Waals surface area contributed by atoms with Crippen LogP contribution in [0, 0.1) is 5.82 Å². The third-order valence-electron chi connectivity index (χ3n) is 5.05. The van der Waals surface area contributed by atoms with Crippen molar-refractivity contribution in [2.75, 3.05) is 12.1 Å². The van der Waals surface area contributed by atoms with Crippen LogP contribution in [-0.2, 0) is 15.1 Å². The van der Waals surface area contributed by atoms with Crippen LogP contribution in [-0.4, -0.2) is 35.6 Å². The van der Waals surface area contributed by atoms with Crippen molar-refractivity contribution in [3.63, 3.8) is 0 Å². The van der Waals surface area contributed by atoms with Crippen LogP contribution in [0.4, 0.5) is 14.9 Å². The highest BCUT2D eigenvalue weighted by atomic mass is 19.1. The molecular weight excluding hydrogens is 381 g/mol. The number of amides is 4. The Morgan fingerprint density at radius 2 is 1.86 bits per heavy atom. The molecule has 2 heterocycles. The first kappa shape index (κ1) is 18.7. The summed E-state index contributed by atoms with van der Waals surface area (Å²) in [4.78, 5) is 39.1. The maximum atomic E-state index is 13.1. The third kappa shape index (κ3) is 3.14. The highest BCUT2D eigenvalue weighted by molar-refractivity contribution is 6.11. The fraction of sp³-hybridized carbons (Fsp3) is 0.250. The van der Waals surface area contributed by atoms with Crippen LogP contribution >= 0.6 is 0 Å². The molecule has 4 amide bonds. The van der Waals surface area contributed by atoms with E-state index in [1.807, 2.05) is 0 Å². The van der Waals surface area contributed by atoms with Gasteiger partial charge in [-0.3, -0.25) is 9.59 Å². The van der Waals surface area contributed by atoms with Crippen LogP contribution in [0.2, 0.25) is 0 Å². The summed E-state index contributed by atoms with van der Waals surface area (Å²) in [6, 6.07) is 8.38. The number of halogens is 1. The summed E-state index contributed by atoms with van der Waals surface area (Å²) in [6.07, 6.45) is 0. The number of carbonyl (C=O) groups is 3. The van der Waals surface area contributed by atoms with Crippen molar-refractivity contribution in [3.8, 4) is 11.5 Å². The number of nitrogens with zero attached hydrogens (tertiary/aromatic N) is 1. The zero-order valence-corrected chi connectivity index (χ0v) is 15.7. The normalized spacial score (nSPS) is 21.1. The first-order valence-corrected chi connectivity index (χ1v) is 8.92. The monoisotopic (exact) mass is 399 g/mol. The lowest BCUT2D eigenvalue weighted by Crippen LogP contribution is -2.47. The van der Waals surface area contributed by atoms with Gasteiger partial charge in [-0.1, -0.05) is 6.07 Å². The molecule has 29 heavy (non-hydrogen) atoms. The summed E-state index contributed by atoms with van der Waals surface area (Å²) < 4.78 is 23.6. The zero-order valence-electron chi connectivity index (χ0n) is 15.7. The summed E-state index contributed by atoms with van der Waals surface area (Å²) in [5, 5.41) is 5.23. The minimum Gasteiger partial charge on any atom is -0.454 e. The van der Waals surface area contributed by atoms with Crippen LogP contribution in [0.3, 0.4) is 0 Å². The van der Waals surface area contributed by atoms with E-state index in [2.05, 4.69) is 10.6 Å². The molecule has 9 heteroatoms. The summed E-state index contributed by atoms with van der Waals surface area (Å²) in [5.74, 6) is -0.549. The minimum absolute atomic E-state index is 0.0858. The molecule has 1 fully saturated rings. The number of ether oxygens (including phenoxy) is 2. The highest BCUT2D eigenvalue weighted by Gasteiger charge is 2.52. The van der Waals surface area contributed by atoms with E-state index in [4.69, 9.17) is 9.47 Å². The maximum absolute atomic E-state index is 13.1. The molecule has 4 rings (SSSR count). The Bertz CT molecular complexity index is 1010. The second kappa shape index (κ2) is 6.77. The molecule has 2 aromatic rings. The molecule has 8 nitrogen and oxygen atoms in total. The van der Waals surface area contributed by atoms with E-state index in [-0.39, 0.29) is 6.79 Å². The molecule has 2 aromatic carbocycles. The van der Waals surface area contributed by atoms with Gasteiger partial charge in [-0.25, -0.2) is 14.1 Å². The molecule has 1 saturated heterocycles. The zero-order chi connectivity index (χ0) is 20.8. The molecule has 2 N–H and O–H groups in total. The van der Waals surface area contributed by atoms with Crippen molar-refractivity contribution in [1.29, 1.82) is 0 Å². The van der Waals surface area contributed by atoms with Crippen molar-refractivity contribution in [3.05, 3.63) is 53.8 Å². The number of hydrogen-bond acceptors (Lipinski definition) is 5. The number of nitrogens with one attached hydrogen (secondary N) is 2. The molecule has 0 aliphatic carbocycles. The van der Waals surface area contributed by atoms with Gasteiger partial charge in [-0.2, -0.15) is 0 Å². The molecule has 2 aliphatic rings. The average Bonchev–Trinajstić information content (AvgIpc) is 3.25. The Kier molecular flexibility index (Phi) is 4.37. The Morgan fingerprint density at radius 1 is 1.17 bits per heavy atom. The summed E-state index contributed by atoms with van der Waals surface area (Å²) in [5.41, 5.74) is -0.495. The Balaban J connectivity index is 1.55. The van der Waals surface area contributed by atoms with Crippen molar-refractivity contribution in [1.82, 2.24) is 10.2 Å². The summed E-state index contributed by atoms with van der Waals surface area (Å²) in [6.45, 7) is 3.10. The standard InChI is InChI=1S/C20H18FN3O5/c1-11(17(25)22-14-6-4-13(21)5-7-14)24-18(26)20(2,23-19(24)27)12-3-8-15-16(9-12)29-10-28-15/h3-9,11H,10H2,1-2H3,(H,22,25)(H,23,27)/t11-,20-/m1/s1. The summed E-state index contributed by atoms with van der Waals surface area (Å²) in [7, 11) is 0. The van der Waals surface area contributed by atoms with E-state index in [0.717, 1.165) is 4.90 Å². The van der Waals surface area contributed by atoms with Crippen molar-refractivity contribution in [2.24, 2.45) is 0 Å². The molecule has 150 valence electrons. The second-order valence-corrected chi connectivity index (χ2v) is 6.97. The molecule has 2 aliphatic heterocycles. The average molecular weight is 399 g/mol. The van der Waals surface area contributed by atoms with E-state index >= 15 is 0 Å². The van der Waals surface area contributed by atoms with Crippen LogP contribution in [0.15, 0.2) is 42.5 Å². The first-order valence-electron chi connectivity index (χ1n) is 8.92. The van der Waals surface area contributed by atoms with Crippen molar-refractivity contribution < 1.29 is 28.2 Å². The second-order valence-electron chi connectivity index (χ2n) is 6.97. The van der Waals surface area contributed by atoms with E-state index < -0.39 is 35.2 Å². The molecule has 0 bridgehead atoms. The van der Waals surface area contributed by atoms with Gasteiger partial charge in [0, 0.05) is 5.69 Å². The highest BCUT2D eigenvalue weighted by Crippen LogP contribution is 2.38. The quantitative estimate of drug-likeness (QED) is 0.770. The molecular formula is C20H18FN3O5. The predicted octanol–water partition coefficient (Wildman–Crippen LogP) is 2.35. The lowest BCUT2D eigenvalue weighted by molar-refractivity contribution is -0.136. The van der Waals surface area contributed by atoms with Gasteiger partial charge in [0.25, 0.3) is 5.91 Å². The molecule has 0 saturated carbocycles. The van der Waals surface area contributed by atoms with Gasteiger partial charge in [-0.05, 0) is 55.8 Å². The van der Waals surface area contributed by atoms with Crippen LogP contribution in [0.25, 0.3) is 0 Å². The minimum atomic E-state index is -1.36. The molecule has 0 unspecified atom stereocenters. The Morgan fingerprint density at radius 3 is 2.59 bits per heavy atom. The fourth-order valence-electron chi connectivity index (χ4n) is 3.31. The summed E-state index contributed by atoms with van der Waals surface area (Å²) >= 11 is 0. The van der Waals surface area contributed by atoms with Gasteiger partial charge in [0.1, 0.15) is 17.4 Å². The largest absolute Gasteiger partial charge is 0.454 e. The number of carbonyl (C=O) groups excluding carboxylic acids is 3. The van der Waals surface area contributed by atoms with Crippen molar-refractivity contribution >= 4 is 23.5 Å².